The molecule has 24 heavy (non-hydrogen) atoms. The number of anilines is 1. The zero-order chi connectivity index (χ0) is 16.4. The molecule has 2 nitrogen and oxygen atoms in total. The molecule has 4 heteroatoms. The van der Waals surface area contributed by atoms with E-state index in [2.05, 4.69) is 39.9 Å². The molecule has 2 heterocycles. The van der Waals surface area contributed by atoms with E-state index in [0.717, 1.165) is 38.0 Å². The monoisotopic (exact) mass is 340 g/mol. The lowest BCUT2D eigenvalue weighted by molar-refractivity contribution is 0.428. The summed E-state index contributed by atoms with van der Waals surface area (Å²) < 4.78 is 14.9. The van der Waals surface area contributed by atoms with Gasteiger partial charge in [-0.05, 0) is 78.7 Å². The molecular weight excluding hydrogens is 319 g/mol. The molecular formula is C20H21FN2S. The maximum absolute atomic E-state index is 13.6. The summed E-state index contributed by atoms with van der Waals surface area (Å²) in [5, 5.41) is 6.86. The number of hydrogen-bond acceptors (Lipinski definition) is 3. The lowest BCUT2D eigenvalue weighted by Gasteiger charge is -2.36. The Morgan fingerprint density at radius 1 is 1.08 bits per heavy atom. The first-order chi connectivity index (χ1) is 11.8. The molecule has 1 aliphatic rings. The SMILES string of the molecule is Fc1cccc(CN(c2ccc3sccc3c2)C2CCNCC2)c1. The van der Waals surface area contributed by atoms with Gasteiger partial charge < -0.3 is 10.2 Å². The van der Waals surface area contributed by atoms with Crippen LogP contribution < -0.4 is 10.2 Å². The Bertz CT molecular complexity index is 823. The molecule has 0 atom stereocenters. The lowest BCUT2D eigenvalue weighted by Crippen LogP contribution is -2.43. The Labute approximate surface area is 145 Å². The largest absolute Gasteiger partial charge is 0.364 e. The third-order valence-corrected chi connectivity index (χ3v) is 5.66. The topological polar surface area (TPSA) is 15.3 Å². The molecule has 0 spiro atoms. The highest BCUT2D eigenvalue weighted by Gasteiger charge is 2.22. The summed E-state index contributed by atoms with van der Waals surface area (Å²) >= 11 is 1.77. The van der Waals surface area contributed by atoms with E-state index in [-0.39, 0.29) is 5.82 Å². The van der Waals surface area contributed by atoms with Crippen molar-refractivity contribution < 1.29 is 4.39 Å². The number of benzene rings is 2. The predicted octanol–water partition coefficient (Wildman–Crippen LogP) is 4.80. The summed E-state index contributed by atoms with van der Waals surface area (Å²) in [4.78, 5) is 2.45. The van der Waals surface area contributed by atoms with Gasteiger partial charge in [0.1, 0.15) is 5.82 Å². The highest BCUT2D eigenvalue weighted by Crippen LogP contribution is 2.30. The molecule has 4 rings (SSSR count). The summed E-state index contributed by atoms with van der Waals surface area (Å²) in [5.41, 5.74) is 2.26. The third-order valence-electron chi connectivity index (χ3n) is 4.76. The number of hydrogen-bond donors (Lipinski definition) is 1. The molecule has 0 unspecified atom stereocenters. The molecule has 0 radical (unpaired) electrons. The van der Waals surface area contributed by atoms with E-state index in [4.69, 9.17) is 0 Å². The van der Waals surface area contributed by atoms with Crippen LogP contribution in [0.5, 0.6) is 0 Å². The van der Waals surface area contributed by atoms with E-state index in [1.54, 1.807) is 23.5 Å². The average molecular weight is 340 g/mol. The van der Waals surface area contributed by atoms with Gasteiger partial charge in [0.2, 0.25) is 0 Å². The van der Waals surface area contributed by atoms with E-state index in [0.29, 0.717) is 6.04 Å². The second-order valence-electron chi connectivity index (χ2n) is 6.38. The van der Waals surface area contributed by atoms with Crippen LogP contribution in [0.3, 0.4) is 0 Å². The van der Waals surface area contributed by atoms with Crippen LogP contribution in [0.1, 0.15) is 18.4 Å². The van der Waals surface area contributed by atoms with Gasteiger partial charge in [-0.3, -0.25) is 0 Å². The third kappa shape index (κ3) is 3.30. The van der Waals surface area contributed by atoms with Crippen LogP contribution in [0.15, 0.2) is 53.9 Å². The number of halogens is 1. The van der Waals surface area contributed by atoms with Crippen molar-refractivity contribution in [1.29, 1.82) is 0 Å². The fourth-order valence-corrected chi connectivity index (χ4v) is 4.29. The van der Waals surface area contributed by atoms with Crippen molar-refractivity contribution in [2.75, 3.05) is 18.0 Å². The van der Waals surface area contributed by atoms with Gasteiger partial charge in [0.25, 0.3) is 0 Å². The predicted molar refractivity (Wildman–Crippen MR) is 100 cm³/mol. The highest BCUT2D eigenvalue weighted by molar-refractivity contribution is 7.17. The first kappa shape index (κ1) is 15.6. The number of nitrogens with one attached hydrogen (secondary N) is 1. The molecule has 2 aromatic carbocycles. The Balaban J connectivity index is 1.68. The minimum atomic E-state index is -0.161. The van der Waals surface area contributed by atoms with E-state index in [9.17, 15) is 4.39 Å². The molecule has 0 bridgehead atoms. The van der Waals surface area contributed by atoms with Gasteiger partial charge in [0.05, 0.1) is 0 Å². The van der Waals surface area contributed by atoms with Gasteiger partial charge in [-0.15, -0.1) is 11.3 Å². The Kier molecular flexibility index (Phi) is 4.50. The van der Waals surface area contributed by atoms with E-state index in [1.807, 2.05) is 6.07 Å². The second-order valence-corrected chi connectivity index (χ2v) is 7.33. The smallest absolute Gasteiger partial charge is 0.123 e. The molecule has 1 fully saturated rings. The number of nitrogens with zero attached hydrogens (tertiary/aromatic N) is 1. The van der Waals surface area contributed by atoms with Crippen LogP contribution in [0.2, 0.25) is 0 Å². The molecule has 1 N–H and O–H groups in total. The minimum Gasteiger partial charge on any atom is -0.364 e. The zero-order valence-corrected chi connectivity index (χ0v) is 14.4. The summed E-state index contributed by atoms with van der Waals surface area (Å²) in [6.45, 7) is 2.84. The van der Waals surface area contributed by atoms with Gasteiger partial charge >= 0.3 is 0 Å². The first-order valence-corrected chi connectivity index (χ1v) is 9.37. The van der Waals surface area contributed by atoms with Crippen LogP contribution in [0, 0.1) is 5.82 Å². The molecule has 0 amide bonds. The number of rotatable bonds is 4. The normalized spacial score (nSPS) is 15.7. The molecule has 1 aliphatic heterocycles. The van der Waals surface area contributed by atoms with Crippen molar-refractivity contribution in [1.82, 2.24) is 5.32 Å². The van der Waals surface area contributed by atoms with Crippen molar-refractivity contribution in [3.05, 3.63) is 65.3 Å². The molecule has 1 aromatic heterocycles. The van der Waals surface area contributed by atoms with Gasteiger partial charge in [-0.1, -0.05) is 12.1 Å². The standard InChI is InChI=1S/C20H21FN2S/c21-17-3-1-2-15(12-17)14-23(18-6-9-22-10-7-18)19-4-5-20-16(13-19)8-11-24-20/h1-5,8,11-13,18,22H,6-7,9-10,14H2. The summed E-state index contributed by atoms with van der Waals surface area (Å²) in [6.07, 6.45) is 2.24. The maximum atomic E-state index is 13.6. The van der Waals surface area contributed by atoms with E-state index >= 15 is 0 Å². The minimum absolute atomic E-state index is 0.161. The van der Waals surface area contributed by atoms with Gasteiger partial charge in [-0.25, -0.2) is 4.39 Å². The van der Waals surface area contributed by atoms with Crippen molar-refractivity contribution in [3.8, 4) is 0 Å². The Morgan fingerprint density at radius 3 is 2.79 bits per heavy atom. The van der Waals surface area contributed by atoms with Gasteiger partial charge in [0.15, 0.2) is 0 Å². The molecule has 1 saturated heterocycles. The van der Waals surface area contributed by atoms with Crippen molar-refractivity contribution in [2.24, 2.45) is 0 Å². The Morgan fingerprint density at radius 2 is 1.96 bits per heavy atom. The number of thiophene rings is 1. The molecule has 3 aromatic rings. The second kappa shape index (κ2) is 6.91. The number of fused-ring (bicyclic) bond motifs is 1. The van der Waals surface area contributed by atoms with Crippen LogP contribution >= 0.6 is 11.3 Å². The quantitative estimate of drug-likeness (QED) is 0.734. The molecule has 0 saturated carbocycles. The average Bonchev–Trinajstić information content (AvgIpc) is 3.08. The van der Waals surface area contributed by atoms with Crippen LogP contribution in [0.4, 0.5) is 10.1 Å². The zero-order valence-electron chi connectivity index (χ0n) is 13.5. The molecule has 124 valence electrons. The van der Waals surface area contributed by atoms with Crippen molar-refractivity contribution in [3.63, 3.8) is 0 Å². The summed E-state index contributed by atoms with van der Waals surface area (Å²) in [7, 11) is 0. The summed E-state index contributed by atoms with van der Waals surface area (Å²) in [6, 6.07) is 16.3. The first-order valence-electron chi connectivity index (χ1n) is 8.49. The van der Waals surface area contributed by atoms with Gasteiger partial charge in [0, 0.05) is 23.0 Å². The maximum Gasteiger partial charge on any atom is 0.123 e. The van der Waals surface area contributed by atoms with E-state index < -0.39 is 0 Å². The van der Waals surface area contributed by atoms with Crippen molar-refractivity contribution in [2.45, 2.75) is 25.4 Å². The number of piperidine rings is 1. The molecule has 0 aliphatic carbocycles. The van der Waals surface area contributed by atoms with Crippen LogP contribution in [-0.2, 0) is 6.54 Å². The fraction of sp³-hybridized carbons (Fsp3) is 0.300. The van der Waals surface area contributed by atoms with Crippen LogP contribution in [-0.4, -0.2) is 19.1 Å². The summed E-state index contributed by atoms with van der Waals surface area (Å²) in [5.74, 6) is -0.161. The highest BCUT2D eigenvalue weighted by atomic mass is 32.1. The van der Waals surface area contributed by atoms with E-state index in [1.165, 1.54) is 21.8 Å². The van der Waals surface area contributed by atoms with Crippen LogP contribution in [0.25, 0.3) is 10.1 Å². The van der Waals surface area contributed by atoms with Gasteiger partial charge in [-0.2, -0.15) is 0 Å². The fourth-order valence-electron chi connectivity index (χ4n) is 3.51. The Hall–Kier alpha value is -1.91. The van der Waals surface area contributed by atoms with Crippen molar-refractivity contribution >= 4 is 27.1 Å². The lowest BCUT2D eigenvalue weighted by atomic mass is 10.0.